The first-order valence-electron chi connectivity index (χ1n) is 5.51. The number of aromatic carboxylic acids is 1. The molecule has 96 valence electrons. The number of fused-ring (bicyclic) bond motifs is 1. The standard InChI is InChI=1S/C13H14O4S/c1-7(2)11-6-18(16,17)12-5-9(13(14)15)8(3)4-10(11)12/h4-5H,6H2,1-3H3,(H,14,15). The third kappa shape index (κ3) is 1.84. The summed E-state index contributed by atoms with van der Waals surface area (Å²) < 4.78 is 24.1. The first kappa shape index (κ1) is 12.8. The molecular formula is C13H14O4S. The second-order valence-corrected chi connectivity index (χ2v) is 6.66. The van der Waals surface area contributed by atoms with E-state index in [9.17, 15) is 13.2 Å². The van der Waals surface area contributed by atoms with Crippen molar-refractivity contribution in [1.82, 2.24) is 0 Å². The van der Waals surface area contributed by atoms with Crippen LogP contribution in [0.1, 0.15) is 35.3 Å². The number of hydrogen-bond donors (Lipinski definition) is 1. The Morgan fingerprint density at radius 2 is 1.89 bits per heavy atom. The van der Waals surface area contributed by atoms with Crippen LogP contribution < -0.4 is 0 Å². The predicted octanol–water partition coefficient (Wildman–Crippen LogP) is 2.27. The van der Waals surface area contributed by atoms with Crippen molar-refractivity contribution in [3.05, 3.63) is 34.4 Å². The maximum atomic E-state index is 12.0. The van der Waals surface area contributed by atoms with Crippen LogP contribution in [0.3, 0.4) is 0 Å². The molecule has 0 fully saturated rings. The van der Waals surface area contributed by atoms with Crippen LogP contribution >= 0.6 is 0 Å². The zero-order valence-electron chi connectivity index (χ0n) is 10.4. The summed E-state index contributed by atoms with van der Waals surface area (Å²) in [6.45, 7) is 5.40. The van der Waals surface area contributed by atoms with Gasteiger partial charge in [-0.1, -0.05) is 5.57 Å². The van der Waals surface area contributed by atoms with Crippen LogP contribution in [0, 0.1) is 6.92 Å². The lowest BCUT2D eigenvalue weighted by molar-refractivity contribution is 0.0696. The summed E-state index contributed by atoms with van der Waals surface area (Å²) in [5.74, 6) is -1.14. The maximum Gasteiger partial charge on any atom is 0.335 e. The third-order valence-electron chi connectivity index (χ3n) is 3.16. The Hall–Kier alpha value is -1.62. The molecule has 1 aromatic rings. The van der Waals surface area contributed by atoms with E-state index in [-0.39, 0.29) is 16.2 Å². The van der Waals surface area contributed by atoms with Crippen molar-refractivity contribution in [2.24, 2.45) is 0 Å². The summed E-state index contributed by atoms with van der Waals surface area (Å²) in [6.07, 6.45) is 0. The van der Waals surface area contributed by atoms with Crippen molar-refractivity contribution >= 4 is 21.4 Å². The lowest BCUT2D eigenvalue weighted by Gasteiger charge is -2.06. The van der Waals surface area contributed by atoms with Gasteiger partial charge in [0.15, 0.2) is 9.84 Å². The number of carboxylic acid groups (broad SMARTS) is 1. The molecule has 0 aromatic heterocycles. The molecule has 1 aliphatic heterocycles. The van der Waals surface area contributed by atoms with E-state index in [1.54, 1.807) is 13.0 Å². The number of rotatable bonds is 1. The van der Waals surface area contributed by atoms with Gasteiger partial charge in [-0.25, -0.2) is 13.2 Å². The highest BCUT2D eigenvalue weighted by molar-refractivity contribution is 7.92. The average Bonchev–Trinajstić information content (AvgIpc) is 2.49. The molecule has 1 aliphatic rings. The fourth-order valence-corrected chi connectivity index (χ4v) is 3.97. The summed E-state index contributed by atoms with van der Waals surface area (Å²) in [5, 5.41) is 9.04. The minimum Gasteiger partial charge on any atom is -0.478 e. The largest absolute Gasteiger partial charge is 0.478 e. The highest BCUT2D eigenvalue weighted by Gasteiger charge is 2.32. The van der Waals surface area contributed by atoms with Crippen molar-refractivity contribution < 1.29 is 18.3 Å². The highest BCUT2D eigenvalue weighted by Crippen LogP contribution is 2.37. The van der Waals surface area contributed by atoms with E-state index in [1.807, 2.05) is 13.8 Å². The summed E-state index contributed by atoms with van der Waals surface area (Å²) in [5.41, 5.74) is 3.01. The van der Waals surface area contributed by atoms with Gasteiger partial charge in [0.05, 0.1) is 16.2 Å². The minimum atomic E-state index is -3.39. The minimum absolute atomic E-state index is 0.0345. The van der Waals surface area contributed by atoms with Crippen LogP contribution in [0.15, 0.2) is 22.6 Å². The zero-order chi connectivity index (χ0) is 13.7. The molecule has 2 rings (SSSR count). The molecule has 1 heterocycles. The van der Waals surface area contributed by atoms with Gasteiger partial charge in [-0.05, 0) is 49.6 Å². The molecule has 0 radical (unpaired) electrons. The summed E-state index contributed by atoms with van der Waals surface area (Å²) in [6, 6.07) is 2.93. The number of benzene rings is 1. The van der Waals surface area contributed by atoms with Gasteiger partial charge in [0.1, 0.15) is 0 Å². The van der Waals surface area contributed by atoms with Crippen LogP contribution in [-0.2, 0) is 9.84 Å². The van der Waals surface area contributed by atoms with Crippen molar-refractivity contribution in [1.29, 1.82) is 0 Å². The van der Waals surface area contributed by atoms with Crippen molar-refractivity contribution in [2.75, 3.05) is 5.75 Å². The lowest BCUT2D eigenvalue weighted by atomic mass is 9.98. The second-order valence-electron chi connectivity index (χ2n) is 4.71. The molecule has 1 N–H and O–H groups in total. The number of allylic oxidation sites excluding steroid dienone is 1. The normalized spacial score (nSPS) is 16.5. The van der Waals surface area contributed by atoms with Gasteiger partial charge in [-0.3, -0.25) is 0 Å². The van der Waals surface area contributed by atoms with E-state index in [0.29, 0.717) is 11.1 Å². The molecule has 0 aliphatic carbocycles. The summed E-state index contributed by atoms with van der Waals surface area (Å²) in [7, 11) is -3.39. The molecule has 0 saturated heterocycles. The van der Waals surface area contributed by atoms with Crippen LogP contribution in [0.2, 0.25) is 0 Å². The van der Waals surface area contributed by atoms with Gasteiger partial charge in [0, 0.05) is 0 Å². The maximum absolute atomic E-state index is 12.0. The zero-order valence-corrected chi connectivity index (χ0v) is 11.3. The molecular weight excluding hydrogens is 252 g/mol. The smallest absolute Gasteiger partial charge is 0.335 e. The Morgan fingerprint density at radius 3 is 2.39 bits per heavy atom. The van der Waals surface area contributed by atoms with Gasteiger partial charge in [-0.15, -0.1) is 0 Å². The van der Waals surface area contributed by atoms with E-state index in [0.717, 1.165) is 11.1 Å². The average molecular weight is 266 g/mol. The van der Waals surface area contributed by atoms with E-state index in [2.05, 4.69) is 0 Å². The first-order chi connectivity index (χ1) is 8.24. The van der Waals surface area contributed by atoms with Crippen LogP contribution in [-0.4, -0.2) is 25.2 Å². The Labute approximate surface area is 106 Å². The number of carboxylic acids is 1. The van der Waals surface area contributed by atoms with Crippen LogP contribution in [0.5, 0.6) is 0 Å². The predicted molar refractivity (Wildman–Crippen MR) is 68.5 cm³/mol. The molecule has 5 heteroatoms. The van der Waals surface area contributed by atoms with Gasteiger partial charge >= 0.3 is 5.97 Å². The number of hydrogen-bond acceptors (Lipinski definition) is 3. The van der Waals surface area contributed by atoms with E-state index < -0.39 is 15.8 Å². The quantitative estimate of drug-likeness (QED) is 0.846. The molecule has 0 bridgehead atoms. The van der Waals surface area contributed by atoms with Gasteiger partial charge in [0.2, 0.25) is 0 Å². The Balaban J connectivity index is 2.84. The van der Waals surface area contributed by atoms with E-state index in [4.69, 9.17) is 5.11 Å². The fraction of sp³-hybridized carbons (Fsp3) is 0.308. The Bertz CT molecular complexity index is 677. The molecule has 0 amide bonds. The Kier molecular flexibility index (Phi) is 2.81. The van der Waals surface area contributed by atoms with Gasteiger partial charge < -0.3 is 5.11 Å². The van der Waals surface area contributed by atoms with Crippen molar-refractivity contribution in [3.8, 4) is 0 Å². The molecule has 1 aromatic carbocycles. The number of carbonyl (C=O) groups is 1. The summed E-state index contributed by atoms with van der Waals surface area (Å²) >= 11 is 0. The molecule has 4 nitrogen and oxygen atoms in total. The van der Waals surface area contributed by atoms with Gasteiger partial charge in [-0.2, -0.15) is 0 Å². The Morgan fingerprint density at radius 1 is 1.28 bits per heavy atom. The third-order valence-corrected chi connectivity index (χ3v) is 4.83. The van der Waals surface area contributed by atoms with Crippen molar-refractivity contribution in [2.45, 2.75) is 25.7 Å². The highest BCUT2D eigenvalue weighted by atomic mass is 32.2. The van der Waals surface area contributed by atoms with Gasteiger partial charge in [0.25, 0.3) is 0 Å². The summed E-state index contributed by atoms with van der Waals surface area (Å²) in [4.78, 5) is 11.2. The molecule has 0 atom stereocenters. The monoisotopic (exact) mass is 266 g/mol. The molecule has 0 spiro atoms. The van der Waals surface area contributed by atoms with Crippen LogP contribution in [0.4, 0.5) is 0 Å². The topological polar surface area (TPSA) is 71.4 Å². The molecule has 18 heavy (non-hydrogen) atoms. The number of aryl methyl sites for hydroxylation is 1. The first-order valence-corrected chi connectivity index (χ1v) is 7.16. The number of sulfone groups is 1. The molecule has 0 unspecified atom stereocenters. The second kappa shape index (κ2) is 3.95. The van der Waals surface area contributed by atoms with Crippen LogP contribution in [0.25, 0.3) is 5.57 Å². The van der Waals surface area contributed by atoms with Crippen molar-refractivity contribution in [3.63, 3.8) is 0 Å². The molecule has 0 saturated carbocycles. The fourth-order valence-electron chi connectivity index (χ4n) is 2.17. The van der Waals surface area contributed by atoms with E-state index in [1.165, 1.54) is 6.07 Å². The van der Waals surface area contributed by atoms with E-state index >= 15 is 0 Å². The lowest BCUT2D eigenvalue weighted by Crippen LogP contribution is -2.04. The SMILES string of the molecule is CC(C)=C1CS(=O)(=O)c2cc(C(=O)O)c(C)cc21.